The van der Waals surface area contributed by atoms with Crippen LogP contribution in [0.25, 0.3) is 0 Å². The van der Waals surface area contributed by atoms with Gasteiger partial charge in [0.05, 0.1) is 19.4 Å². The third-order valence-corrected chi connectivity index (χ3v) is 3.70. The van der Waals surface area contributed by atoms with E-state index in [4.69, 9.17) is 4.74 Å². The van der Waals surface area contributed by atoms with Gasteiger partial charge in [-0.05, 0) is 12.5 Å². The minimum absolute atomic E-state index is 0.0353. The highest BCUT2D eigenvalue weighted by atomic mass is 19.4. The minimum Gasteiger partial charge on any atom is -0.377 e. The van der Waals surface area contributed by atoms with Gasteiger partial charge >= 0.3 is 6.18 Å². The van der Waals surface area contributed by atoms with Gasteiger partial charge in [-0.1, -0.05) is 0 Å². The predicted molar refractivity (Wildman–Crippen MR) is 78.3 cm³/mol. The minimum atomic E-state index is -4.39. The molecule has 3 heterocycles. The van der Waals surface area contributed by atoms with Crippen LogP contribution in [-0.4, -0.2) is 61.3 Å². The Bertz CT molecular complexity index is 741. The molecule has 0 bridgehead atoms. The first-order chi connectivity index (χ1) is 11.8. The molecule has 1 unspecified atom stereocenters. The smallest absolute Gasteiger partial charge is 0.377 e. The number of aromatic nitrogens is 5. The Balaban J connectivity index is 1.73. The van der Waals surface area contributed by atoms with Crippen molar-refractivity contribution in [1.29, 1.82) is 0 Å². The summed E-state index contributed by atoms with van der Waals surface area (Å²) in [5.74, 6) is -0.0856. The molecule has 0 spiro atoms. The molecular formula is C14H17F3N6O2. The first-order valence-corrected chi connectivity index (χ1v) is 7.64. The summed E-state index contributed by atoms with van der Waals surface area (Å²) in [5, 5.41) is 7.92. The Morgan fingerprint density at radius 1 is 1.40 bits per heavy atom. The average molecular weight is 358 g/mol. The van der Waals surface area contributed by atoms with E-state index in [-0.39, 0.29) is 24.9 Å². The van der Waals surface area contributed by atoms with Crippen molar-refractivity contribution in [1.82, 2.24) is 29.4 Å². The Labute approximate surface area is 141 Å². The van der Waals surface area contributed by atoms with E-state index >= 15 is 0 Å². The Morgan fingerprint density at radius 2 is 2.20 bits per heavy atom. The normalized spacial score (nSPS) is 18.6. The van der Waals surface area contributed by atoms with Crippen molar-refractivity contribution in [3.63, 3.8) is 0 Å². The Morgan fingerprint density at radius 3 is 2.88 bits per heavy atom. The number of nitrogens with zero attached hydrogens (tertiary/aromatic N) is 6. The molecule has 1 fully saturated rings. The standard InChI is InChI=1S/C14H17F3N6O2/c1-10-4-19-21(5-10)6-12(24)23-2-3-25-7-11(23)13-18-9-22(20-13)8-14(15,16)17/h4-5,9,11H,2-3,6-8H2,1H3. The van der Waals surface area contributed by atoms with Crippen LogP contribution in [0.3, 0.4) is 0 Å². The lowest BCUT2D eigenvalue weighted by molar-refractivity contribution is -0.144. The largest absolute Gasteiger partial charge is 0.408 e. The van der Waals surface area contributed by atoms with E-state index in [0.717, 1.165) is 11.9 Å². The quantitative estimate of drug-likeness (QED) is 0.813. The van der Waals surface area contributed by atoms with Gasteiger partial charge in [-0.25, -0.2) is 9.67 Å². The third kappa shape index (κ3) is 4.35. The molecule has 1 atom stereocenters. The van der Waals surface area contributed by atoms with Crippen LogP contribution >= 0.6 is 0 Å². The van der Waals surface area contributed by atoms with E-state index in [1.165, 1.54) is 9.58 Å². The molecule has 2 aromatic heterocycles. The SMILES string of the molecule is Cc1cnn(CC(=O)N2CCOCC2c2ncn(CC(F)(F)F)n2)c1. The predicted octanol–water partition coefficient (Wildman–Crippen LogP) is 0.945. The number of carbonyl (C=O) groups excluding carboxylic acids is 1. The van der Waals surface area contributed by atoms with Crippen LogP contribution in [0.1, 0.15) is 17.4 Å². The van der Waals surface area contributed by atoms with Crippen LogP contribution in [0.15, 0.2) is 18.7 Å². The fourth-order valence-electron chi connectivity index (χ4n) is 2.62. The summed E-state index contributed by atoms with van der Waals surface area (Å²) in [7, 11) is 0. The van der Waals surface area contributed by atoms with Gasteiger partial charge in [-0.15, -0.1) is 0 Å². The molecule has 0 saturated carbocycles. The highest BCUT2D eigenvalue weighted by molar-refractivity contribution is 5.76. The number of halogens is 3. The average Bonchev–Trinajstić information content (AvgIpc) is 3.15. The summed E-state index contributed by atoms with van der Waals surface area (Å²) in [6.07, 6.45) is 0.00649. The lowest BCUT2D eigenvalue weighted by Crippen LogP contribution is -2.45. The number of aryl methyl sites for hydroxylation is 1. The number of rotatable bonds is 4. The van der Waals surface area contributed by atoms with Gasteiger partial charge in [0.2, 0.25) is 5.91 Å². The van der Waals surface area contributed by atoms with E-state index in [1.807, 2.05) is 6.92 Å². The van der Waals surface area contributed by atoms with Gasteiger partial charge in [0.25, 0.3) is 0 Å². The van der Waals surface area contributed by atoms with Gasteiger partial charge in [0, 0.05) is 12.7 Å². The van der Waals surface area contributed by atoms with E-state index in [2.05, 4.69) is 15.2 Å². The zero-order valence-electron chi connectivity index (χ0n) is 13.5. The Hall–Kier alpha value is -2.43. The number of carbonyl (C=O) groups is 1. The third-order valence-electron chi connectivity index (χ3n) is 3.70. The van der Waals surface area contributed by atoms with Gasteiger partial charge in [-0.2, -0.15) is 23.4 Å². The summed E-state index contributed by atoms with van der Waals surface area (Å²) < 4.78 is 44.9. The molecule has 1 aliphatic heterocycles. The molecule has 8 nitrogen and oxygen atoms in total. The molecule has 25 heavy (non-hydrogen) atoms. The molecule has 0 aromatic carbocycles. The topological polar surface area (TPSA) is 78.1 Å². The van der Waals surface area contributed by atoms with E-state index in [9.17, 15) is 18.0 Å². The van der Waals surface area contributed by atoms with E-state index in [1.54, 1.807) is 12.4 Å². The first-order valence-electron chi connectivity index (χ1n) is 7.64. The molecule has 3 rings (SSSR count). The van der Waals surface area contributed by atoms with Gasteiger partial charge in [-0.3, -0.25) is 9.48 Å². The number of alkyl halides is 3. The van der Waals surface area contributed by atoms with Gasteiger partial charge in [0.15, 0.2) is 5.82 Å². The van der Waals surface area contributed by atoms with Crippen molar-refractivity contribution in [3.8, 4) is 0 Å². The van der Waals surface area contributed by atoms with E-state index < -0.39 is 18.8 Å². The number of amides is 1. The molecule has 0 aliphatic carbocycles. The maximum Gasteiger partial charge on any atom is 0.408 e. The maximum absolute atomic E-state index is 12.6. The molecule has 1 saturated heterocycles. The molecule has 1 amide bonds. The lowest BCUT2D eigenvalue weighted by atomic mass is 10.2. The summed E-state index contributed by atoms with van der Waals surface area (Å²) in [6, 6.07) is -0.618. The second-order valence-corrected chi connectivity index (χ2v) is 5.81. The Kier molecular flexibility index (Phi) is 4.75. The summed E-state index contributed by atoms with van der Waals surface area (Å²) >= 11 is 0. The number of ether oxygens (including phenoxy) is 1. The van der Waals surface area contributed by atoms with Crippen molar-refractivity contribution in [3.05, 3.63) is 30.1 Å². The van der Waals surface area contributed by atoms with Crippen LogP contribution in [-0.2, 0) is 22.6 Å². The lowest BCUT2D eigenvalue weighted by Gasteiger charge is -2.33. The van der Waals surface area contributed by atoms with Crippen LogP contribution in [0.2, 0.25) is 0 Å². The summed E-state index contributed by atoms with van der Waals surface area (Å²) in [6.45, 7) is 1.48. The second kappa shape index (κ2) is 6.82. The second-order valence-electron chi connectivity index (χ2n) is 5.81. The highest BCUT2D eigenvalue weighted by Gasteiger charge is 2.33. The van der Waals surface area contributed by atoms with Crippen molar-refractivity contribution in [2.75, 3.05) is 19.8 Å². The fraction of sp³-hybridized carbons (Fsp3) is 0.571. The van der Waals surface area contributed by atoms with E-state index in [0.29, 0.717) is 17.8 Å². The first kappa shape index (κ1) is 17.4. The molecule has 136 valence electrons. The number of hydrogen-bond donors (Lipinski definition) is 0. The van der Waals surface area contributed by atoms with Crippen LogP contribution < -0.4 is 0 Å². The van der Waals surface area contributed by atoms with Gasteiger partial charge < -0.3 is 9.64 Å². The van der Waals surface area contributed by atoms with Crippen molar-refractivity contribution < 1.29 is 22.7 Å². The van der Waals surface area contributed by atoms with Crippen molar-refractivity contribution >= 4 is 5.91 Å². The highest BCUT2D eigenvalue weighted by Crippen LogP contribution is 2.23. The zero-order chi connectivity index (χ0) is 18.0. The molecule has 0 N–H and O–H groups in total. The molecule has 1 aliphatic rings. The summed E-state index contributed by atoms with van der Waals surface area (Å²) in [4.78, 5) is 18.0. The molecule has 2 aromatic rings. The monoisotopic (exact) mass is 358 g/mol. The van der Waals surface area contributed by atoms with Gasteiger partial charge in [0.1, 0.15) is 25.5 Å². The molecule has 11 heteroatoms. The number of hydrogen-bond acceptors (Lipinski definition) is 5. The summed E-state index contributed by atoms with van der Waals surface area (Å²) in [5.41, 5.74) is 0.930. The fourth-order valence-corrected chi connectivity index (χ4v) is 2.62. The van der Waals surface area contributed by atoms with Crippen LogP contribution in [0.4, 0.5) is 13.2 Å². The van der Waals surface area contributed by atoms with Crippen LogP contribution in [0, 0.1) is 6.92 Å². The number of morpholine rings is 1. The maximum atomic E-state index is 12.6. The molecule has 0 radical (unpaired) electrons. The van der Waals surface area contributed by atoms with Crippen molar-refractivity contribution in [2.24, 2.45) is 0 Å². The van der Waals surface area contributed by atoms with Crippen molar-refractivity contribution in [2.45, 2.75) is 32.2 Å². The zero-order valence-corrected chi connectivity index (χ0v) is 13.5. The molecular weight excluding hydrogens is 341 g/mol. The van der Waals surface area contributed by atoms with Crippen LogP contribution in [0.5, 0.6) is 0 Å².